The molecule has 0 bridgehead atoms. The summed E-state index contributed by atoms with van der Waals surface area (Å²) in [4.78, 5) is 0.159. The lowest BCUT2D eigenvalue weighted by molar-refractivity contribution is 0.134. The number of hydrazine groups is 1. The van der Waals surface area contributed by atoms with Crippen LogP contribution in [0.3, 0.4) is 0 Å². The average molecular weight is 245 g/mol. The van der Waals surface area contributed by atoms with E-state index in [1.807, 2.05) is 0 Å². The molecule has 13 heavy (non-hydrogen) atoms. The Labute approximate surface area is 87.2 Å². The second kappa shape index (κ2) is 3.31. The third-order valence-electron chi connectivity index (χ3n) is 2.11. The third kappa shape index (κ3) is 1.79. The van der Waals surface area contributed by atoms with Crippen molar-refractivity contribution in [3.05, 3.63) is 10.6 Å². The van der Waals surface area contributed by atoms with E-state index in [0.29, 0.717) is 5.70 Å². The summed E-state index contributed by atoms with van der Waals surface area (Å²) >= 11 is 5.79. The van der Waals surface area contributed by atoms with Crippen molar-refractivity contribution >= 4 is 31.5 Å². The molecule has 0 saturated heterocycles. The van der Waals surface area contributed by atoms with Gasteiger partial charge in [0, 0.05) is 29.5 Å². The van der Waals surface area contributed by atoms with E-state index in [2.05, 4.69) is 0 Å². The lowest BCUT2D eigenvalue weighted by Crippen LogP contribution is -2.32. The molecule has 0 N–H and O–H groups in total. The highest BCUT2D eigenvalue weighted by Gasteiger charge is 2.37. The average Bonchev–Trinajstić information content (AvgIpc) is 2.14. The lowest BCUT2D eigenvalue weighted by atomic mass is 10.3. The minimum absolute atomic E-state index is 0.159. The molecular weight excluding hydrogens is 235 g/mol. The molecule has 0 aromatic carbocycles. The van der Waals surface area contributed by atoms with Crippen LogP contribution in [-0.4, -0.2) is 31.0 Å². The summed E-state index contributed by atoms with van der Waals surface area (Å²) < 4.78 is 23.5. The van der Waals surface area contributed by atoms with E-state index in [1.165, 1.54) is 4.53 Å². The summed E-state index contributed by atoms with van der Waals surface area (Å²) in [6.07, 6.45) is 0. The number of halogens is 2. The molecular formula is C6H10Cl2N2O2S. The maximum Gasteiger partial charge on any atom is 0.260 e. The van der Waals surface area contributed by atoms with Crippen molar-refractivity contribution in [2.75, 3.05) is 7.05 Å². The number of allylic oxidation sites excluding steroid dienone is 1. The summed E-state index contributed by atoms with van der Waals surface area (Å²) in [5.41, 5.74) is 0.451. The van der Waals surface area contributed by atoms with Crippen molar-refractivity contribution in [2.24, 2.45) is 0 Å². The van der Waals surface area contributed by atoms with Crippen LogP contribution in [0.2, 0.25) is 0 Å². The monoisotopic (exact) mass is 244 g/mol. The van der Waals surface area contributed by atoms with Crippen LogP contribution in [0.1, 0.15) is 13.8 Å². The molecule has 0 radical (unpaired) electrons. The molecule has 76 valence electrons. The molecule has 1 unspecified atom stereocenters. The van der Waals surface area contributed by atoms with Gasteiger partial charge in [-0.2, -0.15) is 0 Å². The Kier molecular flexibility index (Phi) is 2.83. The second-order valence-corrected chi connectivity index (χ2v) is 5.75. The molecule has 1 aliphatic rings. The maximum absolute atomic E-state index is 11.1. The molecule has 1 atom stereocenters. The van der Waals surface area contributed by atoms with Crippen LogP contribution < -0.4 is 0 Å². The third-order valence-corrected chi connectivity index (χ3v) is 4.27. The first-order valence-electron chi connectivity index (χ1n) is 3.61. The second-order valence-electron chi connectivity index (χ2n) is 2.90. The van der Waals surface area contributed by atoms with Gasteiger partial charge in [-0.15, -0.1) is 0 Å². The molecule has 1 rings (SSSR count). The number of likely N-dealkylation sites (N-methyl/N-ethyl adjacent to an activating group) is 1. The van der Waals surface area contributed by atoms with Crippen molar-refractivity contribution in [3.63, 3.8) is 0 Å². The van der Waals surface area contributed by atoms with Crippen LogP contribution in [0, 0.1) is 0 Å². The smallest absolute Gasteiger partial charge is 0.218 e. The molecule has 0 aliphatic carbocycles. The van der Waals surface area contributed by atoms with E-state index < -0.39 is 9.05 Å². The van der Waals surface area contributed by atoms with Crippen molar-refractivity contribution in [1.29, 1.82) is 0 Å². The fraction of sp³-hybridized carbons (Fsp3) is 0.667. The standard InChI is InChI=1S/C6H10Cl2N2O2S/c1-4-6(13(8,11)12)5(2)10(7)9(4)3/h4H,1-3H3. The number of nitrogens with zero attached hydrogens (tertiary/aromatic N) is 2. The highest BCUT2D eigenvalue weighted by atomic mass is 35.7. The molecule has 0 spiro atoms. The van der Waals surface area contributed by atoms with Gasteiger partial charge in [-0.1, -0.05) is 0 Å². The summed E-state index contributed by atoms with van der Waals surface area (Å²) in [6, 6.07) is -0.319. The summed E-state index contributed by atoms with van der Waals surface area (Å²) in [5.74, 6) is 0. The van der Waals surface area contributed by atoms with Gasteiger partial charge in [0.15, 0.2) is 0 Å². The minimum atomic E-state index is -3.68. The van der Waals surface area contributed by atoms with Crippen molar-refractivity contribution in [3.8, 4) is 0 Å². The van der Waals surface area contributed by atoms with Gasteiger partial charge in [-0.25, -0.2) is 18.0 Å². The molecule has 1 aliphatic heterocycles. The first-order valence-corrected chi connectivity index (χ1v) is 6.25. The summed E-state index contributed by atoms with van der Waals surface area (Å²) in [5, 5.41) is 1.59. The lowest BCUT2D eigenvalue weighted by Gasteiger charge is -2.22. The van der Waals surface area contributed by atoms with Gasteiger partial charge >= 0.3 is 0 Å². The van der Waals surface area contributed by atoms with E-state index in [-0.39, 0.29) is 10.9 Å². The highest BCUT2D eigenvalue weighted by molar-refractivity contribution is 8.16. The zero-order valence-corrected chi connectivity index (χ0v) is 9.78. The van der Waals surface area contributed by atoms with Gasteiger partial charge < -0.3 is 0 Å². The van der Waals surface area contributed by atoms with Gasteiger partial charge in [-0.3, -0.25) is 0 Å². The normalized spacial score (nSPS) is 25.9. The van der Waals surface area contributed by atoms with Crippen molar-refractivity contribution < 1.29 is 8.42 Å². The Hall–Kier alpha value is 0.0300. The van der Waals surface area contributed by atoms with Crippen LogP contribution in [0.25, 0.3) is 0 Å². The number of hydrogen-bond acceptors (Lipinski definition) is 4. The molecule has 0 aromatic rings. The molecule has 0 saturated carbocycles. The fourth-order valence-electron chi connectivity index (χ4n) is 1.33. The van der Waals surface area contributed by atoms with Crippen molar-refractivity contribution in [1.82, 2.24) is 9.54 Å². The highest BCUT2D eigenvalue weighted by Crippen LogP contribution is 2.34. The minimum Gasteiger partial charge on any atom is -0.218 e. The van der Waals surface area contributed by atoms with Crippen LogP contribution in [0.15, 0.2) is 10.6 Å². The Morgan fingerprint density at radius 3 is 2.08 bits per heavy atom. The zero-order chi connectivity index (χ0) is 10.4. The Bertz CT molecular complexity index is 352. The summed E-state index contributed by atoms with van der Waals surface area (Å²) in [6.45, 7) is 3.34. The molecule has 0 fully saturated rings. The van der Waals surface area contributed by atoms with Gasteiger partial charge in [0.1, 0.15) is 4.91 Å². The van der Waals surface area contributed by atoms with Gasteiger partial charge in [-0.05, 0) is 13.8 Å². The van der Waals surface area contributed by atoms with Gasteiger partial charge in [0.2, 0.25) is 0 Å². The predicted octanol–water partition coefficient (Wildman–Crippen LogP) is 1.49. The first-order chi connectivity index (χ1) is 5.76. The van der Waals surface area contributed by atoms with E-state index in [9.17, 15) is 8.42 Å². The largest absolute Gasteiger partial charge is 0.260 e. The van der Waals surface area contributed by atoms with Crippen LogP contribution in [-0.2, 0) is 9.05 Å². The molecule has 4 nitrogen and oxygen atoms in total. The maximum atomic E-state index is 11.1. The van der Waals surface area contributed by atoms with Crippen LogP contribution in [0.4, 0.5) is 0 Å². The van der Waals surface area contributed by atoms with E-state index in [1.54, 1.807) is 25.9 Å². The van der Waals surface area contributed by atoms with Crippen LogP contribution in [0.5, 0.6) is 0 Å². The van der Waals surface area contributed by atoms with E-state index in [4.69, 9.17) is 22.5 Å². The van der Waals surface area contributed by atoms with E-state index in [0.717, 1.165) is 0 Å². The number of rotatable bonds is 1. The van der Waals surface area contributed by atoms with Crippen molar-refractivity contribution in [2.45, 2.75) is 19.9 Å². The topological polar surface area (TPSA) is 40.6 Å². The van der Waals surface area contributed by atoms with E-state index >= 15 is 0 Å². The SMILES string of the molecule is CC1=C(S(=O)(=O)Cl)C(C)N(C)N1Cl. The molecule has 0 amide bonds. The Morgan fingerprint density at radius 2 is 1.92 bits per heavy atom. The predicted molar refractivity (Wildman–Crippen MR) is 52.4 cm³/mol. The molecule has 1 heterocycles. The molecule has 7 heteroatoms. The molecule has 0 aromatic heterocycles. The Morgan fingerprint density at radius 1 is 1.46 bits per heavy atom. The first kappa shape index (κ1) is 11.1. The fourth-order valence-corrected chi connectivity index (χ4v) is 3.32. The summed E-state index contributed by atoms with van der Waals surface area (Å²) in [7, 11) is 3.27. The van der Waals surface area contributed by atoms with Crippen LogP contribution >= 0.6 is 22.5 Å². The van der Waals surface area contributed by atoms with Gasteiger partial charge in [0.05, 0.1) is 11.7 Å². The van der Waals surface area contributed by atoms with Gasteiger partial charge in [0.25, 0.3) is 9.05 Å². The Balaban J connectivity index is 3.24. The quantitative estimate of drug-likeness (QED) is 0.518. The number of hydrogen-bond donors (Lipinski definition) is 0. The zero-order valence-electron chi connectivity index (χ0n) is 7.45.